The number of anilines is 1. The van der Waals surface area contributed by atoms with Gasteiger partial charge in [-0.2, -0.15) is 0 Å². The smallest absolute Gasteiger partial charge is 0.135 e. The van der Waals surface area contributed by atoms with Gasteiger partial charge < -0.3 is 14.1 Å². The van der Waals surface area contributed by atoms with Gasteiger partial charge in [-0.1, -0.05) is 0 Å². The van der Waals surface area contributed by atoms with Gasteiger partial charge in [0.1, 0.15) is 23.5 Å². The van der Waals surface area contributed by atoms with Crippen LogP contribution in [0.3, 0.4) is 0 Å². The predicted molar refractivity (Wildman–Crippen MR) is 83.0 cm³/mol. The van der Waals surface area contributed by atoms with E-state index in [-0.39, 0.29) is 6.10 Å². The van der Waals surface area contributed by atoms with E-state index in [0.717, 1.165) is 43.3 Å². The average molecular weight is 299 g/mol. The highest BCUT2D eigenvalue weighted by Gasteiger charge is 2.28. The van der Waals surface area contributed by atoms with Crippen LogP contribution in [0.2, 0.25) is 0 Å². The Bertz CT molecular complexity index is 654. The first-order valence-electron chi connectivity index (χ1n) is 8.07. The highest BCUT2D eigenvalue weighted by atomic mass is 16.5. The van der Waals surface area contributed by atoms with Crippen molar-refractivity contribution in [1.82, 2.24) is 9.97 Å². The molecule has 0 N–H and O–H groups in total. The number of nitrogens with zero attached hydrogens (tertiary/aromatic N) is 3. The van der Waals surface area contributed by atoms with E-state index in [2.05, 4.69) is 9.88 Å². The lowest BCUT2D eigenvalue weighted by molar-refractivity contribution is 0.0254. The molecule has 0 radical (unpaired) electrons. The van der Waals surface area contributed by atoms with Gasteiger partial charge in [0.05, 0.1) is 19.4 Å². The molecule has 4 rings (SSSR count). The van der Waals surface area contributed by atoms with Crippen molar-refractivity contribution in [3.05, 3.63) is 41.2 Å². The Kier molecular flexibility index (Phi) is 3.58. The predicted octanol–water partition coefficient (Wildman–Crippen LogP) is 2.83. The number of hydrogen-bond acceptors (Lipinski definition) is 5. The molecule has 0 saturated carbocycles. The van der Waals surface area contributed by atoms with Crippen molar-refractivity contribution in [2.24, 2.45) is 0 Å². The van der Waals surface area contributed by atoms with Gasteiger partial charge in [0, 0.05) is 17.8 Å². The quantitative estimate of drug-likeness (QED) is 0.853. The van der Waals surface area contributed by atoms with Crippen molar-refractivity contribution in [2.75, 3.05) is 24.6 Å². The Labute approximate surface area is 130 Å². The van der Waals surface area contributed by atoms with Crippen LogP contribution in [0.4, 0.5) is 5.82 Å². The molecule has 5 heteroatoms. The number of rotatable bonds is 2. The van der Waals surface area contributed by atoms with Crippen molar-refractivity contribution in [3.63, 3.8) is 0 Å². The Morgan fingerprint density at radius 2 is 2.14 bits per heavy atom. The van der Waals surface area contributed by atoms with E-state index in [1.54, 1.807) is 6.26 Å². The second-order valence-corrected chi connectivity index (χ2v) is 6.05. The van der Waals surface area contributed by atoms with E-state index >= 15 is 0 Å². The van der Waals surface area contributed by atoms with E-state index in [1.807, 2.05) is 19.1 Å². The Morgan fingerprint density at radius 1 is 1.23 bits per heavy atom. The lowest BCUT2D eigenvalue weighted by atomic mass is 9.96. The molecule has 0 aromatic carbocycles. The summed E-state index contributed by atoms with van der Waals surface area (Å²) in [5.74, 6) is 2.88. The molecule has 22 heavy (non-hydrogen) atoms. The Morgan fingerprint density at radius 3 is 3.00 bits per heavy atom. The molecular formula is C17H21N3O2. The molecule has 1 saturated heterocycles. The minimum atomic E-state index is -0.0155. The fourth-order valence-corrected chi connectivity index (χ4v) is 3.44. The second kappa shape index (κ2) is 5.72. The molecule has 2 aromatic rings. The first-order valence-corrected chi connectivity index (χ1v) is 8.07. The first-order chi connectivity index (χ1) is 10.8. The number of fused-ring (bicyclic) bond motifs is 1. The van der Waals surface area contributed by atoms with E-state index in [4.69, 9.17) is 14.1 Å². The van der Waals surface area contributed by atoms with Crippen LogP contribution in [0, 0.1) is 6.92 Å². The normalized spacial score (nSPS) is 21.7. The SMILES string of the molecule is Cc1nc2c(c(N3CCOC(c4ccco4)C3)n1)CCCC2. The highest BCUT2D eigenvalue weighted by molar-refractivity contribution is 5.51. The largest absolute Gasteiger partial charge is 0.467 e. The third kappa shape index (κ3) is 2.50. The Balaban J connectivity index is 1.65. The lowest BCUT2D eigenvalue weighted by Crippen LogP contribution is -2.39. The fraction of sp³-hybridized carbons (Fsp3) is 0.529. The van der Waals surface area contributed by atoms with Crippen molar-refractivity contribution in [1.29, 1.82) is 0 Å². The maximum absolute atomic E-state index is 5.87. The van der Waals surface area contributed by atoms with Crippen LogP contribution in [0.25, 0.3) is 0 Å². The zero-order valence-electron chi connectivity index (χ0n) is 12.9. The van der Waals surface area contributed by atoms with Crippen LogP contribution in [0.15, 0.2) is 22.8 Å². The summed E-state index contributed by atoms with van der Waals surface area (Å²) in [5.41, 5.74) is 2.59. The van der Waals surface area contributed by atoms with Crippen LogP contribution in [0.5, 0.6) is 0 Å². The number of hydrogen-bond donors (Lipinski definition) is 0. The molecule has 1 fully saturated rings. The third-order valence-corrected chi connectivity index (χ3v) is 4.50. The highest BCUT2D eigenvalue weighted by Crippen LogP contribution is 2.31. The summed E-state index contributed by atoms with van der Waals surface area (Å²) in [6, 6.07) is 3.89. The van der Waals surface area contributed by atoms with Gasteiger partial charge >= 0.3 is 0 Å². The number of ether oxygens (including phenoxy) is 1. The summed E-state index contributed by atoms with van der Waals surface area (Å²) in [7, 11) is 0. The standard InChI is InChI=1S/C17H21N3O2/c1-12-18-14-6-3-2-5-13(14)17(19-12)20-8-10-22-16(11-20)15-7-4-9-21-15/h4,7,9,16H,2-3,5-6,8,10-11H2,1H3. The summed E-state index contributed by atoms with van der Waals surface area (Å²) in [5, 5.41) is 0. The van der Waals surface area contributed by atoms with Gasteiger partial charge in [0.25, 0.3) is 0 Å². The topological polar surface area (TPSA) is 51.4 Å². The van der Waals surface area contributed by atoms with Crippen LogP contribution in [0.1, 0.15) is 41.8 Å². The molecule has 116 valence electrons. The molecule has 1 unspecified atom stereocenters. The number of furan rings is 1. The van der Waals surface area contributed by atoms with E-state index in [0.29, 0.717) is 6.61 Å². The van der Waals surface area contributed by atoms with Gasteiger partial charge in [-0.25, -0.2) is 9.97 Å². The van der Waals surface area contributed by atoms with Crippen LogP contribution < -0.4 is 4.90 Å². The average Bonchev–Trinajstić information content (AvgIpc) is 3.09. The zero-order chi connectivity index (χ0) is 14.9. The zero-order valence-corrected chi connectivity index (χ0v) is 12.9. The third-order valence-electron chi connectivity index (χ3n) is 4.50. The van der Waals surface area contributed by atoms with Crippen molar-refractivity contribution in [2.45, 2.75) is 38.7 Å². The van der Waals surface area contributed by atoms with Crippen molar-refractivity contribution >= 4 is 5.82 Å². The van der Waals surface area contributed by atoms with Gasteiger partial charge in [-0.3, -0.25) is 0 Å². The summed E-state index contributed by atoms with van der Waals surface area (Å²) in [4.78, 5) is 11.7. The van der Waals surface area contributed by atoms with Crippen LogP contribution >= 0.6 is 0 Å². The minimum Gasteiger partial charge on any atom is -0.467 e. The van der Waals surface area contributed by atoms with Crippen LogP contribution in [-0.2, 0) is 17.6 Å². The van der Waals surface area contributed by atoms with Gasteiger partial charge in [0.2, 0.25) is 0 Å². The molecule has 2 aromatic heterocycles. The molecule has 0 amide bonds. The first kappa shape index (κ1) is 13.8. The maximum Gasteiger partial charge on any atom is 0.135 e. The number of morpholine rings is 1. The number of aromatic nitrogens is 2. The molecular weight excluding hydrogens is 278 g/mol. The van der Waals surface area contributed by atoms with Crippen molar-refractivity contribution < 1.29 is 9.15 Å². The Hall–Kier alpha value is -1.88. The van der Waals surface area contributed by atoms with Crippen molar-refractivity contribution in [3.8, 4) is 0 Å². The van der Waals surface area contributed by atoms with E-state index in [9.17, 15) is 0 Å². The maximum atomic E-state index is 5.87. The molecule has 1 aliphatic heterocycles. The molecule has 0 bridgehead atoms. The number of aryl methyl sites for hydroxylation is 2. The van der Waals surface area contributed by atoms with E-state index in [1.165, 1.54) is 24.1 Å². The summed E-state index contributed by atoms with van der Waals surface area (Å²) < 4.78 is 11.4. The molecule has 2 aliphatic rings. The fourth-order valence-electron chi connectivity index (χ4n) is 3.44. The van der Waals surface area contributed by atoms with Gasteiger partial charge in [0.15, 0.2) is 0 Å². The summed E-state index contributed by atoms with van der Waals surface area (Å²) in [6.45, 7) is 4.35. The summed E-state index contributed by atoms with van der Waals surface area (Å²) >= 11 is 0. The lowest BCUT2D eigenvalue weighted by Gasteiger charge is -2.35. The molecule has 3 heterocycles. The summed E-state index contributed by atoms with van der Waals surface area (Å²) in [6.07, 6.45) is 6.33. The van der Waals surface area contributed by atoms with Crippen LogP contribution in [-0.4, -0.2) is 29.7 Å². The van der Waals surface area contributed by atoms with E-state index < -0.39 is 0 Å². The molecule has 5 nitrogen and oxygen atoms in total. The monoisotopic (exact) mass is 299 g/mol. The minimum absolute atomic E-state index is 0.0155. The molecule has 1 atom stereocenters. The molecule has 0 spiro atoms. The van der Waals surface area contributed by atoms with Gasteiger partial charge in [-0.05, 0) is 44.7 Å². The van der Waals surface area contributed by atoms with Gasteiger partial charge in [-0.15, -0.1) is 0 Å². The molecule has 1 aliphatic carbocycles. The second-order valence-electron chi connectivity index (χ2n) is 6.05.